The molecule has 1 rings (SSSR count). The monoisotopic (exact) mass is 378 g/mol. The van der Waals surface area contributed by atoms with Crippen LogP contribution in [-0.4, -0.2) is 58.6 Å². The lowest BCUT2D eigenvalue weighted by Gasteiger charge is -2.21. The molecule has 1 N–H and O–H groups in total. The Labute approximate surface area is 147 Å². The topological polar surface area (TPSA) is 84.9 Å². The summed E-state index contributed by atoms with van der Waals surface area (Å²) in [6, 6.07) is 3.97. The van der Waals surface area contributed by atoms with Crippen molar-refractivity contribution in [1.29, 1.82) is 0 Å². The molecule has 24 heavy (non-hydrogen) atoms. The Kier molecular flexibility index (Phi) is 7.95. The molecule has 1 atom stereocenters. The van der Waals surface area contributed by atoms with Crippen molar-refractivity contribution in [3.63, 3.8) is 0 Å². The highest BCUT2D eigenvalue weighted by atomic mass is 35.5. The van der Waals surface area contributed by atoms with Crippen LogP contribution < -0.4 is 10.1 Å². The summed E-state index contributed by atoms with van der Waals surface area (Å²) in [5.74, 6) is -0.0191. The van der Waals surface area contributed by atoms with E-state index in [1.54, 1.807) is 13.8 Å². The number of sulfonamides is 1. The van der Waals surface area contributed by atoms with Gasteiger partial charge < -0.3 is 14.8 Å². The molecule has 0 unspecified atom stereocenters. The van der Waals surface area contributed by atoms with Crippen LogP contribution >= 0.6 is 11.6 Å². The zero-order valence-corrected chi connectivity index (χ0v) is 15.8. The molecule has 0 heterocycles. The maximum Gasteiger partial charge on any atom is 0.243 e. The average molecular weight is 379 g/mol. The summed E-state index contributed by atoms with van der Waals surface area (Å²) >= 11 is 5.99. The van der Waals surface area contributed by atoms with Crippen LogP contribution in [-0.2, 0) is 19.6 Å². The lowest BCUT2D eigenvalue weighted by atomic mass is 10.3. The van der Waals surface area contributed by atoms with Gasteiger partial charge >= 0.3 is 0 Å². The van der Waals surface area contributed by atoms with Gasteiger partial charge in [0.2, 0.25) is 15.9 Å². The molecule has 0 aliphatic carbocycles. The minimum atomic E-state index is -3.84. The van der Waals surface area contributed by atoms with E-state index >= 15 is 0 Å². The fraction of sp³-hybridized carbons (Fsp3) is 0.533. The molecule has 1 aromatic carbocycles. The van der Waals surface area contributed by atoms with E-state index < -0.39 is 15.9 Å². The summed E-state index contributed by atoms with van der Waals surface area (Å²) in [4.78, 5) is 12.0. The molecule has 0 radical (unpaired) electrons. The summed E-state index contributed by atoms with van der Waals surface area (Å²) in [6.45, 7) is 3.65. The number of carbonyl (C=O) groups excluding carboxylic acids is 1. The first-order chi connectivity index (χ1) is 11.3. The van der Waals surface area contributed by atoms with Crippen molar-refractivity contribution < 1.29 is 22.7 Å². The standard InChI is InChI=1S/C15H23ClN2O5S/c1-5-18(9-15(19)17-11(2)10-22-3)24(20,21)12-6-7-14(23-4)13(16)8-12/h6-8,11H,5,9-10H2,1-4H3,(H,17,19)/t11-/m0/s1. The number of benzene rings is 1. The highest BCUT2D eigenvalue weighted by Gasteiger charge is 2.26. The minimum Gasteiger partial charge on any atom is -0.495 e. The maximum absolute atomic E-state index is 12.7. The largest absolute Gasteiger partial charge is 0.495 e. The molecule has 9 heteroatoms. The number of nitrogens with zero attached hydrogens (tertiary/aromatic N) is 1. The number of nitrogens with one attached hydrogen (secondary N) is 1. The number of halogens is 1. The maximum atomic E-state index is 12.7. The van der Waals surface area contributed by atoms with Crippen LogP contribution in [0.3, 0.4) is 0 Å². The van der Waals surface area contributed by atoms with Crippen LogP contribution in [0.2, 0.25) is 5.02 Å². The van der Waals surface area contributed by atoms with Gasteiger partial charge in [-0.2, -0.15) is 4.31 Å². The second-order valence-corrected chi connectivity index (χ2v) is 7.50. The number of hydrogen-bond donors (Lipinski definition) is 1. The van der Waals surface area contributed by atoms with E-state index in [0.29, 0.717) is 12.4 Å². The molecule has 0 bridgehead atoms. The Morgan fingerprint density at radius 2 is 2.04 bits per heavy atom. The van der Waals surface area contributed by atoms with E-state index in [2.05, 4.69) is 5.32 Å². The molecule has 7 nitrogen and oxygen atoms in total. The average Bonchev–Trinajstić information content (AvgIpc) is 2.52. The summed E-state index contributed by atoms with van der Waals surface area (Å²) in [5, 5.41) is 2.87. The fourth-order valence-corrected chi connectivity index (χ4v) is 3.85. The van der Waals surface area contributed by atoms with E-state index in [-0.39, 0.29) is 29.0 Å². The number of likely N-dealkylation sites (N-methyl/N-ethyl adjacent to an activating group) is 1. The first-order valence-corrected chi connectivity index (χ1v) is 9.20. The van der Waals surface area contributed by atoms with Crippen molar-refractivity contribution in [2.24, 2.45) is 0 Å². The summed E-state index contributed by atoms with van der Waals surface area (Å²) in [7, 11) is -0.870. The zero-order chi connectivity index (χ0) is 18.3. The van der Waals surface area contributed by atoms with E-state index in [0.717, 1.165) is 4.31 Å². The molecule has 0 aliphatic heterocycles. The Bertz CT molecular complexity index is 666. The molecule has 1 aromatic rings. The Morgan fingerprint density at radius 1 is 1.38 bits per heavy atom. The molecule has 0 saturated heterocycles. The van der Waals surface area contributed by atoms with Crippen LogP contribution in [0.5, 0.6) is 5.75 Å². The number of amides is 1. The third-order valence-electron chi connectivity index (χ3n) is 3.26. The van der Waals surface area contributed by atoms with Gasteiger partial charge in [0.25, 0.3) is 0 Å². The lowest BCUT2D eigenvalue weighted by Crippen LogP contribution is -2.44. The van der Waals surface area contributed by atoms with Crippen molar-refractivity contribution in [1.82, 2.24) is 9.62 Å². The van der Waals surface area contributed by atoms with Gasteiger partial charge in [-0.25, -0.2) is 8.42 Å². The van der Waals surface area contributed by atoms with Crippen molar-refractivity contribution in [2.75, 3.05) is 33.9 Å². The second-order valence-electron chi connectivity index (χ2n) is 5.15. The highest BCUT2D eigenvalue weighted by Crippen LogP contribution is 2.28. The summed E-state index contributed by atoms with van der Waals surface area (Å²) in [6.07, 6.45) is 0. The molecule has 0 aromatic heterocycles. The van der Waals surface area contributed by atoms with Crippen molar-refractivity contribution in [3.8, 4) is 5.75 Å². The predicted molar refractivity (Wildman–Crippen MR) is 91.9 cm³/mol. The molecule has 0 aliphatic rings. The molecular formula is C15H23ClN2O5S. The number of carbonyl (C=O) groups is 1. The first kappa shape index (κ1) is 20.7. The van der Waals surface area contributed by atoms with Crippen molar-refractivity contribution in [2.45, 2.75) is 24.8 Å². The Hall–Kier alpha value is -1.35. The van der Waals surface area contributed by atoms with Crippen molar-refractivity contribution >= 4 is 27.5 Å². The molecule has 136 valence electrons. The van der Waals surface area contributed by atoms with Crippen LogP contribution in [0, 0.1) is 0 Å². The normalized spacial score (nSPS) is 12.9. The van der Waals surface area contributed by atoms with Crippen molar-refractivity contribution in [3.05, 3.63) is 23.2 Å². The zero-order valence-electron chi connectivity index (χ0n) is 14.2. The molecule has 0 spiro atoms. The highest BCUT2D eigenvalue weighted by molar-refractivity contribution is 7.89. The molecule has 0 saturated carbocycles. The fourth-order valence-electron chi connectivity index (χ4n) is 2.10. The number of methoxy groups -OCH3 is 2. The van der Waals surface area contributed by atoms with E-state index in [9.17, 15) is 13.2 Å². The molecule has 1 amide bonds. The molecule has 0 fully saturated rings. The van der Waals surface area contributed by atoms with Gasteiger partial charge in [-0.3, -0.25) is 4.79 Å². The van der Waals surface area contributed by atoms with Gasteiger partial charge in [0.15, 0.2) is 0 Å². The summed E-state index contributed by atoms with van der Waals surface area (Å²) in [5.41, 5.74) is 0. The second kappa shape index (κ2) is 9.22. The van der Waals surface area contributed by atoms with E-state index in [1.807, 2.05) is 0 Å². The quantitative estimate of drug-likeness (QED) is 0.704. The van der Waals surface area contributed by atoms with Gasteiger partial charge in [-0.1, -0.05) is 18.5 Å². The van der Waals surface area contributed by atoms with Gasteiger partial charge in [0.05, 0.1) is 30.2 Å². The van der Waals surface area contributed by atoms with Gasteiger partial charge in [0.1, 0.15) is 5.75 Å². The van der Waals surface area contributed by atoms with Crippen LogP contribution in [0.4, 0.5) is 0 Å². The third kappa shape index (κ3) is 5.34. The minimum absolute atomic E-state index is 0.00731. The first-order valence-electron chi connectivity index (χ1n) is 7.38. The predicted octanol–water partition coefficient (Wildman–Crippen LogP) is 1.51. The smallest absolute Gasteiger partial charge is 0.243 e. The number of rotatable bonds is 9. The van der Waals surface area contributed by atoms with Crippen LogP contribution in [0.15, 0.2) is 23.1 Å². The van der Waals surface area contributed by atoms with Crippen LogP contribution in [0.1, 0.15) is 13.8 Å². The van der Waals surface area contributed by atoms with Gasteiger partial charge in [-0.15, -0.1) is 0 Å². The van der Waals surface area contributed by atoms with E-state index in [4.69, 9.17) is 21.1 Å². The number of ether oxygens (including phenoxy) is 2. The van der Waals surface area contributed by atoms with Gasteiger partial charge in [-0.05, 0) is 25.1 Å². The summed E-state index contributed by atoms with van der Waals surface area (Å²) < 4.78 is 36.4. The Balaban J connectivity index is 2.93. The third-order valence-corrected chi connectivity index (χ3v) is 5.47. The number of hydrogen-bond acceptors (Lipinski definition) is 5. The SMILES string of the molecule is CCN(CC(=O)N[C@@H](C)COC)S(=O)(=O)c1ccc(OC)c(Cl)c1. The Morgan fingerprint density at radius 3 is 2.54 bits per heavy atom. The van der Waals surface area contributed by atoms with Crippen LogP contribution in [0.25, 0.3) is 0 Å². The lowest BCUT2D eigenvalue weighted by molar-refractivity contribution is -0.122. The van der Waals surface area contributed by atoms with E-state index in [1.165, 1.54) is 32.4 Å². The van der Waals surface area contributed by atoms with Gasteiger partial charge in [0, 0.05) is 19.7 Å². The molecular weight excluding hydrogens is 356 g/mol.